The Balaban J connectivity index is 2.68. The lowest BCUT2D eigenvalue weighted by Crippen LogP contribution is -2.44. The SMILES string of the molecule is CC(C)(C)OC(=O)N[C@H](Cc1ccc(F)cn1)C(=O)O. The van der Waals surface area contributed by atoms with Crippen molar-refractivity contribution in [2.45, 2.75) is 38.8 Å². The molecule has 0 fully saturated rings. The quantitative estimate of drug-likeness (QED) is 0.879. The van der Waals surface area contributed by atoms with Gasteiger partial charge >= 0.3 is 12.1 Å². The van der Waals surface area contributed by atoms with Gasteiger partial charge in [0.1, 0.15) is 17.5 Å². The molecule has 0 aromatic carbocycles. The van der Waals surface area contributed by atoms with Gasteiger partial charge in [0.15, 0.2) is 0 Å². The van der Waals surface area contributed by atoms with Gasteiger partial charge in [-0.15, -0.1) is 0 Å². The van der Waals surface area contributed by atoms with Crippen LogP contribution in [0.2, 0.25) is 0 Å². The number of pyridine rings is 1. The highest BCUT2D eigenvalue weighted by Gasteiger charge is 2.24. The molecule has 0 aliphatic carbocycles. The molecule has 2 N–H and O–H groups in total. The Hall–Kier alpha value is -2.18. The maximum atomic E-state index is 12.7. The largest absolute Gasteiger partial charge is 0.480 e. The number of hydrogen-bond acceptors (Lipinski definition) is 4. The molecule has 0 aliphatic heterocycles. The molecule has 0 unspecified atom stereocenters. The van der Waals surface area contributed by atoms with Gasteiger partial charge in [-0.25, -0.2) is 14.0 Å². The number of rotatable bonds is 4. The average molecular weight is 284 g/mol. The molecule has 0 aliphatic rings. The van der Waals surface area contributed by atoms with Crippen LogP contribution in [0.4, 0.5) is 9.18 Å². The van der Waals surface area contributed by atoms with Crippen molar-refractivity contribution < 1.29 is 23.8 Å². The minimum Gasteiger partial charge on any atom is -0.480 e. The molecule has 0 spiro atoms. The van der Waals surface area contributed by atoms with Crippen LogP contribution in [0.5, 0.6) is 0 Å². The molecular weight excluding hydrogens is 267 g/mol. The first-order valence-electron chi connectivity index (χ1n) is 6.00. The van der Waals surface area contributed by atoms with Gasteiger partial charge in [0, 0.05) is 12.1 Å². The van der Waals surface area contributed by atoms with E-state index in [4.69, 9.17) is 9.84 Å². The first kappa shape index (κ1) is 15.9. The van der Waals surface area contributed by atoms with Crippen LogP contribution >= 0.6 is 0 Å². The first-order chi connectivity index (χ1) is 9.17. The molecule has 1 atom stereocenters. The Labute approximate surface area is 116 Å². The number of aromatic nitrogens is 1. The third-order valence-electron chi connectivity index (χ3n) is 2.19. The van der Waals surface area contributed by atoms with Crippen LogP contribution in [0.3, 0.4) is 0 Å². The topological polar surface area (TPSA) is 88.5 Å². The van der Waals surface area contributed by atoms with E-state index in [1.807, 2.05) is 0 Å². The zero-order valence-electron chi connectivity index (χ0n) is 11.5. The minimum atomic E-state index is -1.22. The number of carbonyl (C=O) groups is 2. The number of nitrogens with zero attached hydrogens (tertiary/aromatic N) is 1. The van der Waals surface area contributed by atoms with Crippen molar-refractivity contribution in [3.05, 3.63) is 29.8 Å². The predicted molar refractivity (Wildman–Crippen MR) is 68.7 cm³/mol. The summed E-state index contributed by atoms with van der Waals surface area (Å²) < 4.78 is 17.7. The monoisotopic (exact) mass is 284 g/mol. The Morgan fingerprint density at radius 2 is 2.10 bits per heavy atom. The lowest BCUT2D eigenvalue weighted by Gasteiger charge is -2.21. The van der Waals surface area contributed by atoms with Crippen molar-refractivity contribution in [3.8, 4) is 0 Å². The second-order valence-electron chi connectivity index (χ2n) is 5.21. The summed E-state index contributed by atoms with van der Waals surface area (Å²) in [5.74, 6) is -1.73. The minimum absolute atomic E-state index is 0.0607. The lowest BCUT2D eigenvalue weighted by atomic mass is 10.1. The third-order valence-corrected chi connectivity index (χ3v) is 2.19. The lowest BCUT2D eigenvalue weighted by molar-refractivity contribution is -0.139. The summed E-state index contributed by atoms with van der Waals surface area (Å²) in [5, 5.41) is 11.3. The van der Waals surface area contributed by atoms with E-state index < -0.39 is 29.5 Å². The van der Waals surface area contributed by atoms with Gasteiger partial charge in [-0.2, -0.15) is 0 Å². The summed E-state index contributed by atoms with van der Waals surface area (Å²) in [6.07, 6.45) is 0.100. The Morgan fingerprint density at radius 3 is 2.55 bits per heavy atom. The van der Waals surface area contributed by atoms with Gasteiger partial charge in [0.2, 0.25) is 0 Å². The Morgan fingerprint density at radius 1 is 1.45 bits per heavy atom. The van der Waals surface area contributed by atoms with Crippen molar-refractivity contribution in [1.82, 2.24) is 10.3 Å². The fourth-order valence-corrected chi connectivity index (χ4v) is 1.39. The smallest absolute Gasteiger partial charge is 0.408 e. The molecule has 20 heavy (non-hydrogen) atoms. The van der Waals surface area contributed by atoms with Gasteiger partial charge in [-0.1, -0.05) is 0 Å². The number of carboxylic acid groups (broad SMARTS) is 1. The standard InChI is InChI=1S/C13H17FN2O4/c1-13(2,3)20-12(19)16-10(11(17)18)6-9-5-4-8(14)7-15-9/h4-5,7,10H,6H2,1-3H3,(H,16,19)(H,17,18)/t10-/m1/s1. The van der Waals surface area contributed by atoms with Gasteiger partial charge in [0.25, 0.3) is 0 Å². The second kappa shape index (κ2) is 6.31. The van der Waals surface area contributed by atoms with E-state index >= 15 is 0 Å². The first-order valence-corrected chi connectivity index (χ1v) is 6.00. The molecule has 1 aromatic rings. The Kier molecular flexibility index (Phi) is 5.01. The van der Waals surface area contributed by atoms with Gasteiger partial charge < -0.3 is 15.2 Å². The summed E-state index contributed by atoms with van der Waals surface area (Å²) in [6, 6.07) is 1.35. The summed E-state index contributed by atoms with van der Waals surface area (Å²) in [7, 11) is 0. The molecule has 0 saturated heterocycles. The van der Waals surface area contributed by atoms with E-state index in [-0.39, 0.29) is 6.42 Å². The van der Waals surface area contributed by atoms with Crippen LogP contribution in [-0.4, -0.2) is 33.8 Å². The number of alkyl carbamates (subject to hydrolysis) is 1. The molecule has 0 saturated carbocycles. The summed E-state index contributed by atoms with van der Waals surface area (Å²) >= 11 is 0. The van der Waals surface area contributed by atoms with Crippen LogP contribution in [0.15, 0.2) is 18.3 Å². The molecule has 6 nitrogen and oxygen atoms in total. The number of halogens is 1. The maximum absolute atomic E-state index is 12.7. The number of carbonyl (C=O) groups excluding carboxylic acids is 1. The van der Waals surface area contributed by atoms with Crippen LogP contribution in [0.1, 0.15) is 26.5 Å². The molecule has 1 amide bonds. The van der Waals surface area contributed by atoms with Crippen molar-refractivity contribution in [2.75, 3.05) is 0 Å². The van der Waals surface area contributed by atoms with Gasteiger partial charge in [0.05, 0.1) is 6.20 Å². The molecule has 1 aromatic heterocycles. The molecule has 0 radical (unpaired) electrons. The normalized spacial score (nSPS) is 12.6. The second-order valence-corrected chi connectivity index (χ2v) is 5.21. The number of aliphatic carboxylic acids is 1. The van der Waals surface area contributed by atoms with Crippen LogP contribution < -0.4 is 5.32 Å². The molecule has 110 valence electrons. The highest BCUT2D eigenvalue weighted by atomic mass is 19.1. The highest BCUT2D eigenvalue weighted by Crippen LogP contribution is 2.08. The average Bonchev–Trinajstić information content (AvgIpc) is 2.28. The fraction of sp³-hybridized carbons (Fsp3) is 0.462. The fourth-order valence-electron chi connectivity index (χ4n) is 1.39. The number of ether oxygens (including phenoxy) is 1. The van der Waals surface area contributed by atoms with E-state index in [1.165, 1.54) is 12.1 Å². The highest BCUT2D eigenvalue weighted by molar-refractivity contribution is 5.80. The van der Waals surface area contributed by atoms with E-state index in [2.05, 4.69) is 10.3 Å². The summed E-state index contributed by atoms with van der Waals surface area (Å²) in [6.45, 7) is 5.01. The van der Waals surface area contributed by atoms with Crippen molar-refractivity contribution in [1.29, 1.82) is 0 Å². The predicted octanol–water partition coefficient (Wildman–Crippen LogP) is 1.74. The zero-order chi connectivity index (χ0) is 15.3. The van der Waals surface area contributed by atoms with Crippen LogP contribution in [-0.2, 0) is 16.0 Å². The van der Waals surface area contributed by atoms with E-state index in [9.17, 15) is 14.0 Å². The summed E-state index contributed by atoms with van der Waals surface area (Å²) in [5.41, 5.74) is -0.365. The molecular formula is C13H17FN2O4. The van der Waals surface area contributed by atoms with E-state index in [0.717, 1.165) is 6.20 Å². The number of nitrogens with one attached hydrogen (secondary N) is 1. The van der Waals surface area contributed by atoms with Gasteiger partial charge in [-0.3, -0.25) is 4.98 Å². The van der Waals surface area contributed by atoms with Gasteiger partial charge in [-0.05, 0) is 32.9 Å². The van der Waals surface area contributed by atoms with E-state index in [1.54, 1.807) is 20.8 Å². The molecule has 7 heteroatoms. The van der Waals surface area contributed by atoms with Crippen LogP contribution in [0, 0.1) is 5.82 Å². The molecule has 1 rings (SSSR count). The van der Waals surface area contributed by atoms with Crippen LogP contribution in [0.25, 0.3) is 0 Å². The maximum Gasteiger partial charge on any atom is 0.408 e. The van der Waals surface area contributed by atoms with E-state index in [0.29, 0.717) is 5.69 Å². The van der Waals surface area contributed by atoms with Crippen molar-refractivity contribution in [3.63, 3.8) is 0 Å². The van der Waals surface area contributed by atoms with Crippen molar-refractivity contribution >= 4 is 12.1 Å². The number of carboxylic acids is 1. The number of hydrogen-bond donors (Lipinski definition) is 2. The number of amides is 1. The molecule has 0 bridgehead atoms. The summed E-state index contributed by atoms with van der Waals surface area (Å²) in [4.78, 5) is 26.4. The third kappa shape index (κ3) is 5.64. The zero-order valence-corrected chi connectivity index (χ0v) is 11.5. The Bertz CT molecular complexity index is 482. The van der Waals surface area contributed by atoms with Crippen molar-refractivity contribution in [2.24, 2.45) is 0 Å². The molecule has 1 heterocycles.